The second kappa shape index (κ2) is 6.78. The van der Waals surface area contributed by atoms with Gasteiger partial charge < -0.3 is 5.32 Å². The van der Waals surface area contributed by atoms with Crippen LogP contribution < -0.4 is 5.32 Å². The minimum Gasteiger partial charge on any atom is -0.352 e. The molecule has 6 heteroatoms. The summed E-state index contributed by atoms with van der Waals surface area (Å²) < 4.78 is 35.6. The van der Waals surface area contributed by atoms with E-state index in [1.165, 1.54) is 0 Å². The standard InChI is InChI=1S/C12H13BrF3NO/c13-7-9-1-3-10(4-2-9)8-17-11(18)5-6-12(14,15)16/h1-4H,5-8H2,(H,17,18). The summed E-state index contributed by atoms with van der Waals surface area (Å²) >= 11 is 3.31. The van der Waals surface area contributed by atoms with E-state index < -0.39 is 24.9 Å². The molecule has 0 atom stereocenters. The molecule has 1 N–H and O–H groups in total. The van der Waals surface area contributed by atoms with Crippen LogP contribution in [0.15, 0.2) is 24.3 Å². The summed E-state index contributed by atoms with van der Waals surface area (Å²) in [5.74, 6) is -0.586. The SMILES string of the molecule is O=C(CCC(F)(F)F)NCc1ccc(CBr)cc1. The van der Waals surface area contributed by atoms with E-state index in [2.05, 4.69) is 21.2 Å². The maximum absolute atomic E-state index is 11.9. The number of nitrogens with one attached hydrogen (secondary N) is 1. The molecule has 0 radical (unpaired) electrons. The Hall–Kier alpha value is -1.04. The minimum absolute atomic E-state index is 0.249. The number of alkyl halides is 4. The molecule has 0 spiro atoms. The van der Waals surface area contributed by atoms with Gasteiger partial charge in [-0.1, -0.05) is 40.2 Å². The molecule has 0 saturated heterocycles. The van der Waals surface area contributed by atoms with Crippen molar-refractivity contribution in [3.63, 3.8) is 0 Å². The van der Waals surface area contributed by atoms with Crippen LogP contribution in [0.2, 0.25) is 0 Å². The van der Waals surface area contributed by atoms with Crippen LogP contribution in [0.25, 0.3) is 0 Å². The molecule has 0 aliphatic rings. The van der Waals surface area contributed by atoms with Gasteiger partial charge in [-0.3, -0.25) is 4.79 Å². The first-order valence-electron chi connectivity index (χ1n) is 5.38. The molecule has 1 aromatic rings. The lowest BCUT2D eigenvalue weighted by atomic mass is 10.1. The van der Waals surface area contributed by atoms with Crippen LogP contribution >= 0.6 is 15.9 Å². The van der Waals surface area contributed by atoms with E-state index in [1.807, 2.05) is 24.3 Å². The van der Waals surface area contributed by atoms with E-state index >= 15 is 0 Å². The third kappa shape index (κ3) is 6.05. The van der Waals surface area contributed by atoms with Gasteiger partial charge in [-0.05, 0) is 11.1 Å². The van der Waals surface area contributed by atoms with Gasteiger partial charge in [0.25, 0.3) is 0 Å². The smallest absolute Gasteiger partial charge is 0.352 e. The number of benzene rings is 1. The maximum Gasteiger partial charge on any atom is 0.389 e. The van der Waals surface area contributed by atoms with Gasteiger partial charge in [0.1, 0.15) is 0 Å². The van der Waals surface area contributed by atoms with Gasteiger partial charge in [-0.15, -0.1) is 0 Å². The van der Waals surface area contributed by atoms with E-state index in [0.717, 1.165) is 16.5 Å². The number of carbonyl (C=O) groups excluding carboxylic acids is 1. The van der Waals surface area contributed by atoms with Gasteiger partial charge in [0, 0.05) is 18.3 Å². The fraction of sp³-hybridized carbons (Fsp3) is 0.417. The van der Waals surface area contributed by atoms with Crippen LogP contribution in [0, 0.1) is 0 Å². The fourth-order valence-corrected chi connectivity index (χ4v) is 1.66. The molecule has 2 nitrogen and oxygen atoms in total. The number of rotatable bonds is 5. The molecule has 18 heavy (non-hydrogen) atoms. The van der Waals surface area contributed by atoms with Crippen molar-refractivity contribution < 1.29 is 18.0 Å². The van der Waals surface area contributed by atoms with Crippen molar-refractivity contribution in [3.8, 4) is 0 Å². The van der Waals surface area contributed by atoms with Gasteiger partial charge in [-0.2, -0.15) is 13.2 Å². The maximum atomic E-state index is 11.9. The zero-order valence-electron chi connectivity index (χ0n) is 9.56. The van der Waals surface area contributed by atoms with Crippen LogP contribution in [0.3, 0.4) is 0 Å². The molecular formula is C12H13BrF3NO. The first kappa shape index (κ1) is 15.0. The summed E-state index contributed by atoms with van der Waals surface area (Å²) in [5.41, 5.74) is 1.96. The second-order valence-electron chi connectivity index (χ2n) is 3.84. The number of hydrogen-bond donors (Lipinski definition) is 1. The normalized spacial score (nSPS) is 11.3. The second-order valence-corrected chi connectivity index (χ2v) is 4.40. The van der Waals surface area contributed by atoms with Gasteiger partial charge in [0.05, 0.1) is 6.42 Å². The van der Waals surface area contributed by atoms with Gasteiger partial charge in [0.2, 0.25) is 5.91 Å². The summed E-state index contributed by atoms with van der Waals surface area (Å²) in [6, 6.07) is 7.46. The van der Waals surface area contributed by atoms with Crippen LogP contribution in [0.1, 0.15) is 24.0 Å². The Morgan fingerprint density at radius 3 is 2.22 bits per heavy atom. The van der Waals surface area contributed by atoms with Crippen molar-refractivity contribution in [2.75, 3.05) is 0 Å². The number of hydrogen-bond acceptors (Lipinski definition) is 1. The summed E-state index contributed by atoms with van der Waals surface area (Å²) in [4.78, 5) is 11.2. The molecule has 1 amide bonds. The lowest BCUT2D eigenvalue weighted by molar-refractivity contribution is -0.144. The zero-order chi connectivity index (χ0) is 13.6. The van der Waals surface area contributed by atoms with Crippen molar-refractivity contribution in [2.24, 2.45) is 0 Å². The number of carbonyl (C=O) groups is 1. The molecule has 1 aromatic carbocycles. The highest BCUT2D eigenvalue weighted by molar-refractivity contribution is 9.08. The minimum atomic E-state index is -4.28. The summed E-state index contributed by atoms with van der Waals surface area (Å²) in [7, 11) is 0. The van der Waals surface area contributed by atoms with E-state index in [9.17, 15) is 18.0 Å². The monoisotopic (exact) mass is 323 g/mol. The predicted molar refractivity (Wildman–Crippen MR) is 66.2 cm³/mol. The van der Waals surface area contributed by atoms with Crippen molar-refractivity contribution in [3.05, 3.63) is 35.4 Å². The first-order valence-corrected chi connectivity index (χ1v) is 6.50. The van der Waals surface area contributed by atoms with Crippen molar-refractivity contribution in [2.45, 2.75) is 30.9 Å². The topological polar surface area (TPSA) is 29.1 Å². The molecule has 0 fully saturated rings. The van der Waals surface area contributed by atoms with E-state index in [4.69, 9.17) is 0 Å². The van der Waals surface area contributed by atoms with Gasteiger partial charge in [-0.25, -0.2) is 0 Å². The molecule has 0 unspecified atom stereocenters. The molecule has 1 rings (SSSR count). The van der Waals surface area contributed by atoms with Crippen molar-refractivity contribution >= 4 is 21.8 Å². The molecule has 0 aromatic heterocycles. The first-order chi connectivity index (χ1) is 8.40. The predicted octanol–water partition coefficient (Wildman–Crippen LogP) is 3.54. The quantitative estimate of drug-likeness (QED) is 0.825. The van der Waals surface area contributed by atoms with E-state index in [0.29, 0.717) is 0 Å². The highest BCUT2D eigenvalue weighted by Gasteiger charge is 2.27. The van der Waals surface area contributed by atoms with E-state index in [1.54, 1.807) is 0 Å². The third-order valence-electron chi connectivity index (χ3n) is 2.30. The molecule has 0 saturated carbocycles. The van der Waals surface area contributed by atoms with Crippen LogP contribution in [0.5, 0.6) is 0 Å². The van der Waals surface area contributed by atoms with Crippen LogP contribution in [-0.4, -0.2) is 12.1 Å². The molecule has 100 valence electrons. The molecule has 0 heterocycles. The average Bonchev–Trinajstić information content (AvgIpc) is 2.33. The zero-order valence-corrected chi connectivity index (χ0v) is 11.1. The molecule has 0 aliphatic heterocycles. The number of amides is 1. The van der Waals surface area contributed by atoms with Crippen LogP contribution in [0.4, 0.5) is 13.2 Å². The Labute approximate surface area is 112 Å². The van der Waals surface area contributed by atoms with Crippen molar-refractivity contribution in [1.29, 1.82) is 0 Å². The Morgan fingerprint density at radius 1 is 1.17 bits per heavy atom. The van der Waals surface area contributed by atoms with Gasteiger partial charge >= 0.3 is 6.18 Å². The lowest BCUT2D eigenvalue weighted by Gasteiger charge is -2.07. The third-order valence-corrected chi connectivity index (χ3v) is 2.95. The Balaban J connectivity index is 2.33. The Bertz CT molecular complexity index is 389. The highest BCUT2D eigenvalue weighted by atomic mass is 79.9. The molecule has 0 bridgehead atoms. The molecular weight excluding hydrogens is 311 g/mol. The largest absolute Gasteiger partial charge is 0.389 e. The lowest BCUT2D eigenvalue weighted by Crippen LogP contribution is -2.24. The highest BCUT2D eigenvalue weighted by Crippen LogP contribution is 2.21. The number of halogens is 4. The van der Waals surface area contributed by atoms with Crippen molar-refractivity contribution in [1.82, 2.24) is 5.32 Å². The van der Waals surface area contributed by atoms with Crippen LogP contribution in [-0.2, 0) is 16.7 Å². The summed E-state index contributed by atoms with van der Waals surface area (Å²) in [5, 5.41) is 3.20. The summed E-state index contributed by atoms with van der Waals surface area (Å²) in [6.45, 7) is 0.249. The molecule has 0 aliphatic carbocycles. The van der Waals surface area contributed by atoms with Gasteiger partial charge in [0.15, 0.2) is 0 Å². The van der Waals surface area contributed by atoms with E-state index in [-0.39, 0.29) is 6.54 Å². The Morgan fingerprint density at radius 2 is 1.72 bits per heavy atom. The summed E-state index contributed by atoms with van der Waals surface area (Å²) in [6.07, 6.45) is -5.89. The average molecular weight is 324 g/mol. The Kier molecular flexibility index (Phi) is 5.65. The fourth-order valence-electron chi connectivity index (χ4n) is 1.29.